The smallest absolute Gasteiger partial charge is 0.320 e. The van der Waals surface area contributed by atoms with Gasteiger partial charge in [-0.15, -0.1) is 11.3 Å². The first kappa shape index (κ1) is 17.0. The number of aryl methyl sites for hydroxylation is 1. The first-order chi connectivity index (χ1) is 12.5. The van der Waals surface area contributed by atoms with Crippen molar-refractivity contribution in [1.82, 2.24) is 15.3 Å². The number of nitrogens with one attached hydrogen (secondary N) is 2. The van der Waals surface area contributed by atoms with Gasteiger partial charge in [-0.1, -0.05) is 12.1 Å². The Labute approximate surface area is 156 Å². The topological polar surface area (TPSA) is 67.9 Å². The van der Waals surface area contributed by atoms with Crippen LogP contribution in [0.3, 0.4) is 0 Å². The number of piperazine rings is 1. The number of urea groups is 1. The molecule has 1 saturated heterocycles. The summed E-state index contributed by atoms with van der Waals surface area (Å²) in [6, 6.07) is 7.13. The number of hydrazine groups is 1. The predicted molar refractivity (Wildman–Crippen MR) is 103 cm³/mol. The quantitative estimate of drug-likeness (QED) is 0.809. The average molecular weight is 371 g/mol. The van der Waals surface area contributed by atoms with Crippen LogP contribution in [0.4, 0.5) is 21.9 Å². The number of rotatable bonds is 1. The molecule has 1 fully saturated rings. The summed E-state index contributed by atoms with van der Waals surface area (Å²) in [6.07, 6.45) is 0. The third kappa shape index (κ3) is 2.96. The van der Waals surface area contributed by atoms with Crippen LogP contribution in [0.5, 0.6) is 0 Å². The zero-order chi connectivity index (χ0) is 18.3. The first-order valence-electron chi connectivity index (χ1n) is 8.57. The van der Waals surface area contributed by atoms with Crippen molar-refractivity contribution < 1.29 is 9.59 Å². The third-order valence-corrected chi connectivity index (χ3v) is 5.66. The summed E-state index contributed by atoms with van der Waals surface area (Å²) in [5, 5.41) is 6.66. The molecule has 2 N–H and O–H groups in total. The molecule has 0 aliphatic carbocycles. The van der Waals surface area contributed by atoms with Gasteiger partial charge < -0.3 is 10.2 Å². The highest BCUT2D eigenvalue weighted by Crippen LogP contribution is 2.42. The van der Waals surface area contributed by atoms with E-state index in [1.807, 2.05) is 41.6 Å². The molecule has 3 heterocycles. The number of hydrogen-bond donors (Lipinski definition) is 2. The molecular formula is C18H21N5O2S. The predicted octanol–water partition coefficient (Wildman–Crippen LogP) is 2.63. The zero-order valence-corrected chi connectivity index (χ0v) is 15.6. The minimum Gasteiger partial charge on any atom is -0.320 e. The van der Waals surface area contributed by atoms with Gasteiger partial charge in [-0.3, -0.25) is 15.1 Å². The zero-order valence-electron chi connectivity index (χ0n) is 14.8. The van der Waals surface area contributed by atoms with E-state index in [1.54, 1.807) is 4.90 Å². The van der Waals surface area contributed by atoms with Crippen molar-refractivity contribution in [2.24, 2.45) is 0 Å². The molecule has 2 aliphatic rings. The van der Waals surface area contributed by atoms with Gasteiger partial charge in [-0.25, -0.2) is 9.80 Å². The van der Waals surface area contributed by atoms with Gasteiger partial charge in [0.15, 0.2) is 0 Å². The number of benzene rings is 1. The van der Waals surface area contributed by atoms with Crippen LogP contribution < -0.4 is 15.6 Å². The Bertz CT molecular complexity index is 857. The van der Waals surface area contributed by atoms with Crippen LogP contribution in [0.25, 0.3) is 0 Å². The Morgan fingerprint density at radius 1 is 1.19 bits per heavy atom. The van der Waals surface area contributed by atoms with E-state index in [9.17, 15) is 9.59 Å². The van der Waals surface area contributed by atoms with Crippen molar-refractivity contribution in [3.8, 4) is 0 Å². The van der Waals surface area contributed by atoms with E-state index in [1.165, 1.54) is 11.3 Å². The molecule has 0 spiro atoms. The van der Waals surface area contributed by atoms with Crippen LogP contribution in [0.1, 0.15) is 15.2 Å². The average Bonchev–Trinajstić information content (AvgIpc) is 2.94. The molecule has 0 bridgehead atoms. The number of anilines is 3. The van der Waals surface area contributed by atoms with Crippen molar-refractivity contribution >= 4 is 40.3 Å². The molecule has 0 saturated carbocycles. The minimum absolute atomic E-state index is 0.188. The van der Waals surface area contributed by atoms with Crippen LogP contribution >= 0.6 is 11.3 Å². The van der Waals surface area contributed by atoms with Gasteiger partial charge in [0.2, 0.25) is 0 Å². The second kappa shape index (κ2) is 6.71. The highest BCUT2D eigenvalue weighted by Gasteiger charge is 2.32. The number of nitrogens with zero attached hydrogens (tertiary/aromatic N) is 3. The third-order valence-electron chi connectivity index (χ3n) is 4.76. The summed E-state index contributed by atoms with van der Waals surface area (Å²) in [7, 11) is 2.07. The van der Waals surface area contributed by atoms with E-state index in [0.717, 1.165) is 31.1 Å². The Kier molecular flexibility index (Phi) is 4.39. The van der Waals surface area contributed by atoms with Crippen LogP contribution in [-0.4, -0.2) is 55.1 Å². The van der Waals surface area contributed by atoms with E-state index in [0.29, 0.717) is 22.6 Å². The Hall–Kier alpha value is -2.42. The standard InChI is InChI=1S/C18H21N5O2S/c1-12-16-13(11-26-12)17(24)19-14-5-3-4-6-15(14)23(16)18(25)20-22-9-7-21(2)8-10-22/h3-6,11H,7-10H2,1-2H3,(H,19,24)(H,20,25). The Morgan fingerprint density at radius 2 is 1.92 bits per heavy atom. The monoisotopic (exact) mass is 371 g/mol. The molecule has 0 radical (unpaired) electrons. The summed E-state index contributed by atoms with van der Waals surface area (Å²) in [4.78, 5) is 30.6. The lowest BCUT2D eigenvalue weighted by Crippen LogP contribution is -2.55. The van der Waals surface area contributed by atoms with E-state index >= 15 is 0 Å². The summed E-state index contributed by atoms with van der Waals surface area (Å²) in [5.41, 5.74) is 5.50. The molecule has 0 atom stereocenters. The fourth-order valence-electron chi connectivity index (χ4n) is 3.29. The van der Waals surface area contributed by atoms with Gasteiger partial charge in [-0.2, -0.15) is 0 Å². The molecular weight excluding hydrogens is 350 g/mol. The highest BCUT2D eigenvalue weighted by molar-refractivity contribution is 7.11. The SMILES string of the molecule is Cc1scc2c1N(C(=O)NN1CCN(C)CC1)c1ccccc1NC2=O. The molecule has 4 rings (SSSR count). The number of thiophene rings is 1. The lowest BCUT2D eigenvalue weighted by atomic mass is 10.2. The summed E-state index contributed by atoms with van der Waals surface area (Å²) in [5.74, 6) is -0.188. The molecule has 2 aromatic rings. The van der Waals surface area contributed by atoms with Crippen LogP contribution in [-0.2, 0) is 0 Å². The van der Waals surface area contributed by atoms with E-state index in [-0.39, 0.29) is 11.9 Å². The highest BCUT2D eigenvalue weighted by atomic mass is 32.1. The Morgan fingerprint density at radius 3 is 2.69 bits per heavy atom. The Balaban J connectivity index is 1.72. The summed E-state index contributed by atoms with van der Waals surface area (Å²) < 4.78 is 0. The molecule has 136 valence electrons. The fraction of sp³-hybridized carbons (Fsp3) is 0.333. The summed E-state index contributed by atoms with van der Waals surface area (Å²) in [6.45, 7) is 5.27. The van der Waals surface area contributed by atoms with Gasteiger partial charge in [0, 0.05) is 36.4 Å². The largest absolute Gasteiger partial charge is 0.341 e. The maximum Gasteiger partial charge on any atom is 0.341 e. The summed E-state index contributed by atoms with van der Waals surface area (Å²) >= 11 is 1.47. The lowest BCUT2D eigenvalue weighted by molar-refractivity contribution is 0.102. The molecule has 2 aliphatic heterocycles. The number of fused-ring (bicyclic) bond motifs is 2. The molecule has 1 aromatic heterocycles. The number of likely N-dealkylation sites (N-methyl/N-ethyl adjacent to an activating group) is 1. The van der Waals surface area contributed by atoms with Gasteiger partial charge in [0.1, 0.15) is 0 Å². The van der Waals surface area contributed by atoms with Crippen molar-refractivity contribution in [3.05, 3.63) is 40.1 Å². The molecule has 26 heavy (non-hydrogen) atoms. The van der Waals surface area contributed by atoms with E-state index in [2.05, 4.69) is 22.7 Å². The lowest BCUT2D eigenvalue weighted by Gasteiger charge is -2.34. The fourth-order valence-corrected chi connectivity index (χ4v) is 4.11. The number of carbonyl (C=O) groups is 2. The van der Waals surface area contributed by atoms with Crippen molar-refractivity contribution in [1.29, 1.82) is 0 Å². The second-order valence-electron chi connectivity index (χ2n) is 6.57. The van der Waals surface area contributed by atoms with Crippen molar-refractivity contribution in [2.75, 3.05) is 43.4 Å². The van der Waals surface area contributed by atoms with Gasteiger partial charge >= 0.3 is 6.03 Å². The van der Waals surface area contributed by atoms with Gasteiger partial charge in [0.25, 0.3) is 5.91 Å². The maximum atomic E-state index is 13.2. The second-order valence-corrected chi connectivity index (χ2v) is 7.65. The number of hydrogen-bond acceptors (Lipinski definition) is 5. The number of para-hydroxylation sites is 2. The van der Waals surface area contributed by atoms with Crippen LogP contribution in [0.2, 0.25) is 0 Å². The molecule has 7 nitrogen and oxygen atoms in total. The van der Waals surface area contributed by atoms with Gasteiger partial charge in [0.05, 0.1) is 22.6 Å². The van der Waals surface area contributed by atoms with Crippen molar-refractivity contribution in [2.45, 2.75) is 6.92 Å². The first-order valence-corrected chi connectivity index (χ1v) is 9.45. The van der Waals surface area contributed by atoms with E-state index in [4.69, 9.17) is 0 Å². The maximum absolute atomic E-state index is 13.2. The number of carbonyl (C=O) groups excluding carboxylic acids is 2. The van der Waals surface area contributed by atoms with Crippen molar-refractivity contribution in [3.63, 3.8) is 0 Å². The normalized spacial score (nSPS) is 17.9. The molecule has 8 heteroatoms. The van der Waals surface area contributed by atoms with Crippen LogP contribution in [0.15, 0.2) is 29.6 Å². The number of amides is 3. The molecule has 1 aromatic carbocycles. The molecule has 0 unspecified atom stereocenters. The molecule has 3 amide bonds. The van der Waals surface area contributed by atoms with Gasteiger partial charge in [-0.05, 0) is 26.1 Å². The van der Waals surface area contributed by atoms with Crippen LogP contribution in [0, 0.1) is 6.92 Å². The van der Waals surface area contributed by atoms with E-state index < -0.39 is 0 Å². The minimum atomic E-state index is -0.249.